The highest BCUT2D eigenvalue weighted by Crippen LogP contribution is 2.31. The molecule has 0 spiro atoms. The van der Waals surface area contributed by atoms with Crippen molar-refractivity contribution in [3.63, 3.8) is 0 Å². The molecule has 3 heterocycles. The monoisotopic (exact) mass is 438 g/mol. The van der Waals surface area contributed by atoms with Gasteiger partial charge < -0.3 is 0 Å². The maximum absolute atomic E-state index is 12.7. The van der Waals surface area contributed by atoms with E-state index in [1.54, 1.807) is 18.6 Å². The van der Waals surface area contributed by atoms with Gasteiger partial charge in [-0.1, -0.05) is 35.3 Å². The fourth-order valence-electron chi connectivity index (χ4n) is 3.27. The van der Waals surface area contributed by atoms with Gasteiger partial charge in [0.2, 0.25) is 0 Å². The Morgan fingerprint density at radius 2 is 1.69 bits per heavy atom. The van der Waals surface area contributed by atoms with E-state index in [9.17, 15) is 13.2 Å². The zero-order valence-electron chi connectivity index (χ0n) is 15.0. The van der Waals surface area contributed by atoms with Crippen LogP contribution in [-0.2, 0) is 25.7 Å². The van der Waals surface area contributed by atoms with E-state index in [4.69, 9.17) is 23.2 Å². The van der Waals surface area contributed by atoms with Crippen molar-refractivity contribution >= 4 is 23.2 Å². The van der Waals surface area contributed by atoms with E-state index in [-0.39, 0.29) is 0 Å². The lowest BCUT2D eigenvalue weighted by Crippen LogP contribution is -2.31. The predicted molar refractivity (Wildman–Crippen MR) is 105 cm³/mol. The van der Waals surface area contributed by atoms with Crippen LogP contribution in [0.5, 0.6) is 0 Å². The van der Waals surface area contributed by atoms with Crippen LogP contribution >= 0.6 is 23.2 Å². The van der Waals surface area contributed by atoms with Crippen molar-refractivity contribution < 1.29 is 13.2 Å². The van der Waals surface area contributed by atoms with E-state index in [0.717, 1.165) is 35.5 Å². The number of hydrogen-bond donors (Lipinski definition) is 0. The van der Waals surface area contributed by atoms with Crippen LogP contribution in [0.15, 0.2) is 42.9 Å². The van der Waals surface area contributed by atoms with Crippen LogP contribution < -0.4 is 0 Å². The van der Waals surface area contributed by atoms with Crippen molar-refractivity contribution in [3.8, 4) is 11.4 Å². The summed E-state index contributed by atoms with van der Waals surface area (Å²) < 4.78 is 38.2. The van der Waals surface area contributed by atoms with Gasteiger partial charge in [0.1, 0.15) is 0 Å². The van der Waals surface area contributed by atoms with Crippen molar-refractivity contribution in [1.29, 1.82) is 0 Å². The molecule has 4 rings (SSSR count). The molecule has 1 aliphatic rings. The first-order chi connectivity index (χ1) is 13.8. The first-order valence-electron chi connectivity index (χ1n) is 8.84. The summed E-state index contributed by atoms with van der Waals surface area (Å²) in [6.07, 6.45) is 1.21. The van der Waals surface area contributed by atoms with E-state index < -0.39 is 11.7 Å². The molecule has 2 aromatic heterocycles. The molecule has 0 atom stereocenters. The van der Waals surface area contributed by atoms with Gasteiger partial charge in [-0.25, -0.2) is 9.97 Å². The second-order valence-electron chi connectivity index (χ2n) is 6.78. The number of aromatic nitrogens is 3. The van der Waals surface area contributed by atoms with Gasteiger partial charge in [0.25, 0.3) is 0 Å². The van der Waals surface area contributed by atoms with Gasteiger partial charge in [-0.05, 0) is 12.1 Å². The highest BCUT2D eigenvalue weighted by molar-refractivity contribution is 6.35. The second-order valence-corrected chi connectivity index (χ2v) is 7.60. The molecule has 1 aliphatic heterocycles. The molecule has 3 aromatic rings. The normalized spacial score (nSPS) is 14.7. The minimum Gasteiger partial charge on any atom is -0.294 e. The summed E-state index contributed by atoms with van der Waals surface area (Å²) >= 11 is 12.4. The lowest BCUT2D eigenvalue weighted by Gasteiger charge is -2.28. The molecule has 4 nitrogen and oxygen atoms in total. The molecule has 0 unspecified atom stereocenters. The largest absolute Gasteiger partial charge is 0.416 e. The number of nitrogens with zero attached hydrogens (tertiary/aromatic N) is 4. The van der Waals surface area contributed by atoms with Crippen molar-refractivity contribution in [3.05, 3.63) is 75.3 Å². The van der Waals surface area contributed by atoms with Crippen LogP contribution in [0.2, 0.25) is 10.0 Å². The number of fused-ring (bicyclic) bond motifs is 1. The minimum absolute atomic E-state index is 0.422. The summed E-state index contributed by atoms with van der Waals surface area (Å²) in [5.41, 5.74) is 2.57. The molecule has 0 saturated heterocycles. The Hall–Kier alpha value is -2.22. The fourth-order valence-corrected chi connectivity index (χ4v) is 3.75. The van der Waals surface area contributed by atoms with Crippen LogP contribution in [-0.4, -0.2) is 26.4 Å². The highest BCUT2D eigenvalue weighted by atomic mass is 35.5. The average Bonchev–Trinajstić information content (AvgIpc) is 2.70. The van der Waals surface area contributed by atoms with Gasteiger partial charge in [0.15, 0.2) is 5.82 Å². The van der Waals surface area contributed by atoms with E-state index in [1.165, 1.54) is 12.1 Å². The Morgan fingerprint density at radius 1 is 1.00 bits per heavy atom. The Bertz CT molecular complexity index is 1020. The summed E-state index contributed by atoms with van der Waals surface area (Å²) in [4.78, 5) is 15.1. The molecule has 0 N–H and O–H groups in total. The summed E-state index contributed by atoms with van der Waals surface area (Å²) in [6, 6.07) is 4.88. The Balaban J connectivity index is 1.51. The summed E-state index contributed by atoms with van der Waals surface area (Å²) in [6.45, 7) is 1.98. The molecule has 0 amide bonds. The third-order valence-corrected chi connectivity index (χ3v) is 5.47. The van der Waals surface area contributed by atoms with E-state index in [1.807, 2.05) is 0 Å². The van der Waals surface area contributed by atoms with Crippen LogP contribution in [0, 0.1) is 0 Å². The molecule has 0 aliphatic carbocycles. The summed E-state index contributed by atoms with van der Waals surface area (Å²) in [5, 5.41) is 1.05. The van der Waals surface area contributed by atoms with Crippen molar-refractivity contribution in [2.24, 2.45) is 0 Å². The number of benzene rings is 1. The predicted octanol–water partition coefficient (Wildman–Crippen LogP) is 5.42. The van der Waals surface area contributed by atoms with Crippen LogP contribution in [0.25, 0.3) is 11.4 Å². The number of halogens is 5. The van der Waals surface area contributed by atoms with Crippen molar-refractivity contribution in [2.75, 3.05) is 6.54 Å². The topological polar surface area (TPSA) is 41.9 Å². The van der Waals surface area contributed by atoms with Gasteiger partial charge >= 0.3 is 6.18 Å². The summed E-state index contributed by atoms with van der Waals surface area (Å²) in [5.74, 6) is 0.422. The van der Waals surface area contributed by atoms with Gasteiger partial charge in [0, 0.05) is 61.3 Å². The van der Waals surface area contributed by atoms with Gasteiger partial charge in [-0.3, -0.25) is 9.88 Å². The smallest absolute Gasteiger partial charge is 0.294 e. The molecule has 29 heavy (non-hydrogen) atoms. The Kier molecular flexibility index (Phi) is 5.46. The standard InChI is InChI=1S/C20H15Cl2F3N4/c21-16-8-26-9-17(22)15(16)11-29-6-5-18-13(10-29)7-27-19(28-18)12-1-3-14(4-2-12)20(23,24)25/h1-4,7-9H,5-6,10-11H2. The zero-order chi connectivity index (χ0) is 20.6. The summed E-state index contributed by atoms with van der Waals surface area (Å²) in [7, 11) is 0. The first kappa shape index (κ1) is 20.1. The van der Waals surface area contributed by atoms with Gasteiger partial charge in [-0.2, -0.15) is 13.2 Å². The SMILES string of the molecule is FC(F)(F)c1ccc(-c2ncc3c(n2)CCN(Cc2c(Cl)cncc2Cl)C3)cc1. The van der Waals surface area contributed by atoms with Gasteiger partial charge in [-0.15, -0.1) is 0 Å². The molecular formula is C20H15Cl2F3N4. The molecule has 1 aromatic carbocycles. The quantitative estimate of drug-likeness (QED) is 0.547. The molecule has 0 fully saturated rings. The fraction of sp³-hybridized carbons (Fsp3) is 0.250. The van der Waals surface area contributed by atoms with Crippen molar-refractivity contribution in [2.45, 2.75) is 25.7 Å². The van der Waals surface area contributed by atoms with E-state index >= 15 is 0 Å². The average molecular weight is 439 g/mol. The van der Waals surface area contributed by atoms with Crippen LogP contribution in [0.3, 0.4) is 0 Å². The van der Waals surface area contributed by atoms with Crippen molar-refractivity contribution in [1.82, 2.24) is 19.9 Å². The third-order valence-electron chi connectivity index (χ3n) is 4.82. The van der Waals surface area contributed by atoms with E-state index in [2.05, 4.69) is 19.9 Å². The number of hydrogen-bond acceptors (Lipinski definition) is 4. The minimum atomic E-state index is -4.36. The lowest BCUT2D eigenvalue weighted by atomic mass is 10.1. The lowest BCUT2D eigenvalue weighted by molar-refractivity contribution is -0.137. The molecule has 9 heteroatoms. The molecule has 0 saturated carbocycles. The maximum atomic E-state index is 12.7. The van der Waals surface area contributed by atoms with E-state index in [0.29, 0.717) is 40.9 Å². The molecular weight excluding hydrogens is 424 g/mol. The zero-order valence-corrected chi connectivity index (χ0v) is 16.6. The molecule has 150 valence electrons. The van der Waals surface area contributed by atoms with Crippen LogP contribution in [0.1, 0.15) is 22.4 Å². The first-order valence-corrected chi connectivity index (χ1v) is 9.59. The maximum Gasteiger partial charge on any atom is 0.416 e. The Morgan fingerprint density at radius 3 is 2.34 bits per heavy atom. The Labute approximate surface area is 175 Å². The number of pyridine rings is 1. The molecule has 0 bridgehead atoms. The van der Waals surface area contributed by atoms with Crippen LogP contribution in [0.4, 0.5) is 13.2 Å². The van der Waals surface area contributed by atoms with Gasteiger partial charge in [0.05, 0.1) is 21.3 Å². The second kappa shape index (κ2) is 7.89. The molecule has 0 radical (unpaired) electrons. The number of rotatable bonds is 3. The highest BCUT2D eigenvalue weighted by Gasteiger charge is 2.30. The number of alkyl halides is 3. The third kappa shape index (κ3) is 4.37.